The van der Waals surface area contributed by atoms with E-state index in [2.05, 4.69) is 39.8 Å². The van der Waals surface area contributed by atoms with E-state index in [-0.39, 0.29) is 0 Å². The molecule has 106 valence electrons. The standard InChI is InChI=1S/C16H16N4S/c1-3-8-14(9-4-1)10-7-13-21-16-17-18-19-20(16)15-11-5-2-6-12-15/h1-6,8-9,11-12H,7,10,13H2. The van der Waals surface area contributed by atoms with E-state index in [0.29, 0.717) is 0 Å². The second-order valence-corrected chi connectivity index (χ2v) is 5.71. The summed E-state index contributed by atoms with van der Waals surface area (Å²) in [7, 11) is 0. The molecule has 0 fully saturated rings. The molecule has 1 aromatic heterocycles. The predicted octanol–water partition coefficient (Wildman–Crippen LogP) is 3.39. The zero-order chi connectivity index (χ0) is 14.3. The number of para-hydroxylation sites is 1. The van der Waals surface area contributed by atoms with Gasteiger partial charge in [0.15, 0.2) is 0 Å². The third kappa shape index (κ3) is 3.70. The average molecular weight is 296 g/mol. The molecule has 0 spiro atoms. The van der Waals surface area contributed by atoms with Gasteiger partial charge in [-0.2, -0.15) is 4.68 Å². The van der Waals surface area contributed by atoms with Crippen LogP contribution in [0.25, 0.3) is 5.69 Å². The number of aromatic nitrogens is 4. The molecule has 0 aliphatic carbocycles. The van der Waals surface area contributed by atoms with Crippen LogP contribution in [-0.4, -0.2) is 26.0 Å². The van der Waals surface area contributed by atoms with Gasteiger partial charge in [0.1, 0.15) is 0 Å². The summed E-state index contributed by atoms with van der Waals surface area (Å²) in [5, 5.41) is 12.8. The van der Waals surface area contributed by atoms with Crippen LogP contribution in [0.15, 0.2) is 65.8 Å². The normalized spacial score (nSPS) is 10.7. The molecule has 4 nitrogen and oxygen atoms in total. The van der Waals surface area contributed by atoms with Crippen molar-refractivity contribution < 1.29 is 0 Å². The summed E-state index contributed by atoms with van der Waals surface area (Å²) in [5.41, 5.74) is 2.37. The van der Waals surface area contributed by atoms with E-state index in [0.717, 1.165) is 29.4 Å². The molecule has 0 aliphatic heterocycles. The zero-order valence-electron chi connectivity index (χ0n) is 11.6. The first-order valence-electron chi connectivity index (χ1n) is 6.94. The van der Waals surface area contributed by atoms with E-state index in [1.165, 1.54) is 5.56 Å². The Labute approximate surface area is 128 Å². The summed E-state index contributed by atoms with van der Waals surface area (Å²) in [6, 6.07) is 20.5. The first kappa shape index (κ1) is 13.8. The third-order valence-corrected chi connectivity index (χ3v) is 4.13. The molecule has 0 N–H and O–H groups in total. The monoisotopic (exact) mass is 296 g/mol. The van der Waals surface area contributed by atoms with Crippen LogP contribution < -0.4 is 0 Å². The van der Waals surface area contributed by atoms with Crippen molar-refractivity contribution in [3.63, 3.8) is 0 Å². The molecule has 2 aromatic carbocycles. The van der Waals surface area contributed by atoms with Crippen molar-refractivity contribution >= 4 is 11.8 Å². The second kappa shape index (κ2) is 7.04. The SMILES string of the molecule is c1ccc(CCCSc2nnnn2-c2ccccc2)cc1. The molecular weight excluding hydrogens is 280 g/mol. The maximum atomic E-state index is 4.10. The third-order valence-electron chi connectivity index (χ3n) is 3.13. The van der Waals surface area contributed by atoms with Gasteiger partial charge in [0.2, 0.25) is 5.16 Å². The van der Waals surface area contributed by atoms with Crippen molar-refractivity contribution in [1.82, 2.24) is 20.2 Å². The number of thioether (sulfide) groups is 1. The van der Waals surface area contributed by atoms with Crippen LogP contribution >= 0.6 is 11.8 Å². The van der Waals surface area contributed by atoms with Crippen molar-refractivity contribution in [2.24, 2.45) is 0 Å². The van der Waals surface area contributed by atoms with Crippen LogP contribution in [-0.2, 0) is 6.42 Å². The Morgan fingerprint density at radius 2 is 1.62 bits per heavy atom. The summed E-state index contributed by atoms with van der Waals surface area (Å²) in [5.74, 6) is 1.00. The molecule has 0 radical (unpaired) electrons. The van der Waals surface area contributed by atoms with Crippen LogP contribution in [0.2, 0.25) is 0 Å². The maximum Gasteiger partial charge on any atom is 0.214 e. The lowest BCUT2D eigenvalue weighted by atomic mass is 10.1. The highest BCUT2D eigenvalue weighted by molar-refractivity contribution is 7.99. The quantitative estimate of drug-likeness (QED) is 0.516. The van der Waals surface area contributed by atoms with Gasteiger partial charge >= 0.3 is 0 Å². The number of tetrazole rings is 1. The van der Waals surface area contributed by atoms with E-state index in [9.17, 15) is 0 Å². The van der Waals surface area contributed by atoms with Crippen molar-refractivity contribution in [2.45, 2.75) is 18.0 Å². The molecule has 0 saturated heterocycles. The van der Waals surface area contributed by atoms with Gasteiger partial charge in [-0.25, -0.2) is 0 Å². The molecule has 0 saturated carbocycles. The van der Waals surface area contributed by atoms with Gasteiger partial charge in [0.25, 0.3) is 0 Å². The van der Waals surface area contributed by atoms with Crippen molar-refractivity contribution in [1.29, 1.82) is 0 Å². The summed E-state index contributed by atoms with van der Waals surface area (Å²) in [4.78, 5) is 0. The molecule has 5 heteroatoms. The van der Waals surface area contributed by atoms with E-state index in [1.54, 1.807) is 16.4 Å². The van der Waals surface area contributed by atoms with Gasteiger partial charge in [0, 0.05) is 5.75 Å². The van der Waals surface area contributed by atoms with E-state index < -0.39 is 0 Å². The Hall–Kier alpha value is -2.14. The largest absolute Gasteiger partial charge is 0.214 e. The molecule has 0 aliphatic rings. The molecule has 1 heterocycles. The van der Waals surface area contributed by atoms with E-state index >= 15 is 0 Å². The maximum absolute atomic E-state index is 4.10. The minimum absolute atomic E-state index is 0.842. The minimum atomic E-state index is 0.842. The zero-order valence-corrected chi connectivity index (χ0v) is 12.4. The Kier molecular flexibility index (Phi) is 4.63. The van der Waals surface area contributed by atoms with Crippen molar-refractivity contribution in [3.8, 4) is 5.69 Å². The van der Waals surface area contributed by atoms with Gasteiger partial charge in [-0.15, -0.1) is 5.10 Å². The number of hydrogen-bond donors (Lipinski definition) is 0. The van der Waals surface area contributed by atoms with Gasteiger partial charge in [-0.1, -0.05) is 60.3 Å². The lowest BCUT2D eigenvalue weighted by Gasteiger charge is -2.04. The van der Waals surface area contributed by atoms with E-state index in [4.69, 9.17) is 0 Å². The van der Waals surface area contributed by atoms with E-state index in [1.807, 2.05) is 36.4 Å². The van der Waals surface area contributed by atoms with Crippen LogP contribution in [0.3, 0.4) is 0 Å². The number of nitrogens with zero attached hydrogens (tertiary/aromatic N) is 4. The van der Waals surface area contributed by atoms with Gasteiger partial charge in [-0.05, 0) is 41.0 Å². The Balaban J connectivity index is 1.56. The number of rotatable bonds is 6. The van der Waals surface area contributed by atoms with Gasteiger partial charge in [-0.3, -0.25) is 0 Å². The fraction of sp³-hybridized carbons (Fsp3) is 0.188. The van der Waals surface area contributed by atoms with Crippen LogP contribution in [0.5, 0.6) is 0 Å². The summed E-state index contributed by atoms with van der Waals surface area (Å²) < 4.78 is 1.78. The van der Waals surface area contributed by atoms with Crippen LogP contribution in [0.1, 0.15) is 12.0 Å². The Morgan fingerprint density at radius 1 is 0.905 bits per heavy atom. The fourth-order valence-electron chi connectivity index (χ4n) is 2.08. The summed E-state index contributed by atoms with van der Waals surface area (Å²) in [6.07, 6.45) is 2.19. The van der Waals surface area contributed by atoms with Gasteiger partial charge in [0.05, 0.1) is 5.69 Å². The lowest BCUT2D eigenvalue weighted by molar-refractivity contribution is 0.755. The Bertz CT molecular complexity index is 667. The van der Waals surface area contributed by atoms with Gasteiger partial charge < -0.3 is 0 Å². The molecule has 3 aromatic rings. The average Bonchev–Trinajstić information content (AvgIpc) is 3.02. The number of aryl methyl sites for hydroxylation is 1. The van der Waals surface area contributed by atoms with Crippen LogP contribution in [0, 0.1) is 0 Å². The highest BCUT2D eigenvalue weighted by Gasteiger charge is 2.08. The van der Waals surface area contributed by atoms with Crippen LogP contribution in [0.4, 0.5) is 0 Å². The summed E-state index contributed by atoms with van der Waals surface area (Å²) >= 11 is 1.69. The molecule has 0 atom stereocenters. The molecule has 0 unspecified atom stereocenters. The fourth-order valence-corrected chi connectivity index (χ4v) is 2.91. The second-order valence-electron chi connectivity index (χ2n) is 4.65. The predicted molar refractivity (Wildman–Crippen MR) is 84.6 cm³/mol. The molecular formula is C16H16N4S. The number of hydrogen-bond acceptors (Lipinski definition) is 4. The molecule has 21 heavy (non-hydrogen) atoms. The highest BCUT2D eigenvalue weighted by atomic mass is 32.2. The first-order valence-corrected chi connectivity index (χ1v) is 7.92. The van der Waals surface area contributed by atoms with Crippen molar-refractivity contribution in [3.05, 3.63) is 66.2 Å². The minimum Gasteiger partial charge on any atom is -0.188 e. The van der Waals surface area contributed by atoms with Crippen molar-refractivity contribution in [2.75, 3.05) is 5.75 Å². The molecule has 0 amide bonds. The molecule has 0 bridgehead atoms. The first-order chi connectivity index (χ1) is 10.4. The Morgan fingerprint density at radius 3 is 2.38 bits per heavy atom. The smallest absolute Gasteiger partial charge is 0.188 e. The number of benzene rings is 2. The lowest BCUT2D eigenvalue weighted by Crippen LogP contribution is -1.99. The highest BCUT2D eigenvalue weighted by Crippen LogP contribution is 2.19. The molecule has 3 rings (SSSR count). The summed E-state index contributed by atoms with van der Waals surface area (Å²) in [6.45, 7) is 0. The topological polar surface area (TPSA) is 43.6 Å².